The van der Waals surface area contributed by atoms with E-state index in [-0.39, 0.29) is 11.4 Å². The number of halogens is 1. The number of hydrogen-bond acceptors (Lipinski definition) is 6. The molecule has 8 heteroatoms. The van der Waals surface area contributed by atoms with E-state index in [0.29, 0.717) is 10.0 Å². The van der Waals surface area contributed by atoms with Crippen LogP contribution >= 0.6 is 15.9 Å². The zero-order chi connectivity index (χ0) is 15.5. The van der Waals surface area contributed by atoms with Crippen molar-refractivity contribution in [2.75, 3.05) is 13.7 Å². The number of hydrogen-bond donors (Lipinski definition) is 1. The van der Waals surface area contributed by atoms with E-state index in [1.54, 1.807) is 13.0 Å². The zero-order valence-corrected chi connectivity index (χ0v) is 12.8. The highest BCUT2D eigenvalue weighted by molar-refractivity contribution is 9.10. The maximum Gasteiger partial charge on any atom is 0.341 e. The molecule has 0 heterocycles. The van der Waals surface area contributed by atoms with Gasteiger partial charge in [0.05, 0.1) is 12.0 Å². The van der Waals surface area contributed by atoms with Crippen LogP contribution in [0.25, 0.3) is 0 Å². The van der Waals surface area contributed by atoms with Crippen LogP contribution < -0.4 is 4.74 Å². The van der Waals surface area contributed by atoms with Gasteiger partial charge in [-0.2, -0.15) is 0 Å². The summed E-state index contributed by atoms with van der Waals surface area (Å²) in [5.74, 6) is -0.878. The first-order chi connectivity index (χ1) is 9.19. The van der Waals surface area contributed by atoms with Gasteiger partial charge in [0.15, 0.2) is 11.4 Å². The van der Waals surface area contributed by atoms with Crippen LogP contribution in [-0.4, -0.2) is 35.3 Å². The first-order valence-electron chi connectivity index (χ1n) is 5.57. The van der Waals surface area contributed by atoms with Crippen LogP contribution in [0.3, 0.4) is 0 Å². The van der Waals surface area contributed by atoms with Gasteiger partial charge in [0.25, 0.3) is 0 Å². The molecule has 1 aromatic carbocycles. The van der Waals surface area contributed by atoms with E-state index in [0.717, 1.165) is 7.11 Å². The maximum absolute atomic E-state index is 11.3. The van der Waals surface area contributed by atoms with Gasteiger partial charge in [-0.1, -0.05) is 15.9 Å². The molecule has 0 saturated heterocycles. The van der Waals surface area contributed by atoms with Crippen LogP contribution in [0.1, 0.15) is 12.5 Å². The topological polar surface area (TPSA) is 98.9 Å². The number of carbonyl (C=O) groups excluding carboxylic acids is 1. The van der Waals surface area contributed by atoms with E-state index in [1.165, 1.54) is 13.0 Å². The molecule has 0 aliphatic heterocycles. The smallest absolute Gasteiger partial charge is 0.341 e. The number of nitro groups is 1. The van der Waals surface area contributed by atoms with E-state index in [2.05, 4.69) is 20.7 Å². The Labute approximate surface area is 123 Å². The summed E-state index contributed by atoms with van der Waals surface area (Å²) in [7, 11) is 1.13. The molecule has 1 N–H and O–H groups in total. The molecular formula is C12H14BrNO6. The molecule has 0 aromatic heterocycles. The van der Waals surface area contributed by atoms with Crippen molar-refractivity contribution in [3.05, 3.63) is 32.3 Å². The second kappa shape index (κ2) is 6.19. The van der Waals surface area contributed by atoms with Crippen LogP contribution in [0.2, 0.25) is 0 Å². The fraction of sp³-hybridized carbons (Fsp3) is 0.417. The molecule has 0 aliphatic carbocycles. The lowest BCUT2D eigenvalue weighted by atomic mass is 10.1. The molecule has 7 nitrogen and oxygen atoms in total. The Morgan fingerprint density at radius 2 is 2.15 bits per heavy atom. The Hall–Kier alpha value is -1.67. The van der Waals surface area contributed by atoms with E-state index in [9.17, 15) is 20.0 Å². The van der Waals surface area contributed by atoms with Crippen molar-refractivity contribution in [1.82, 2.24) is 0 Å². The summed E-state index contributed by atoms with van der Waals surface area (Å²) in [6.07, 6.45) is 0. The number of ether oxygens (including phenoxy) is 2. The van der Waals surface area contributed by atoms with Crippen LogP contribution in [0.4, 0.5) is 5.69 Å². The molecule has 0 saturated carbocycles. The number of carbonyl (C=O) groups is 1. The van der Waals surface area contributed by atoms with Crippen molar-refractivity contribution in [2.24, 2.45) is 0 Å². The van der Waals surface area contributed by atoms with Crippen molar-refractivity contribution in [3.8, 4) is 5.75 Å². The summed E-state index contributed by atoms with van der Waals surface area (Å²) >= 11 is 3.16. The summed E-state index contributed by atoms with van der Waals surface area (Å²) in [6.45, 7) is 2.38. The summed E-state index contributed by atoms with van der Waals surface area (Å²) < 4.78 is 10.2. The minimum absolute atomic E-state index is 0.00220. The second-order valence-electron chi connectivity index (χ2n) is 4.38. The van der Waals surface area contributed by atoms with Gasteiger partial charge in [0.2, 0.25) is 0 Å². The average Bonchev–Trinajstić information content (AvgIpc) is 2.35. The number of nitrogens with zero attached hydrogens (tertiary/aromatic N) is 1. The number of esters is 1. The third-order valence-electron chi connectivity index (χ3n) is 2.54. The van der Waals surface area contributed by atoms with Gasteiger partial charge in [-0.15, -0.1) is 0 Å². The second-order valence-corrected chi connectivity index (χ2v) is 5.30. The average molecular weight is 348 g/mol. The molecule has 0 radical (unpaired) electrons. The van der Waals surface area contributed by atoms with Gasteiger partial charge in [-0.05, 0) is 25.5 Å². The number of rotatable bonds is 5. The Morgan fingerprint density at radius 3 is 2.65 bits per heavy atom. The Bertz CT molecular complexity index is 543. The summed E-state index contributed by atoms with van der Waals surface area (Å²) in [5, 5.41) is 20.8. The molecule has 0 aliphatic rings. The first kappa shape index (κ1) is 16.4. The lowest BCUT2D eigenvalue weighted by molar-refractivity contribution is -0.386. The third kappa shape index (κ3) is 3.67. The third-order valence-corrected chi connectivity index (χ3v) is 3.00. The summed E-state index contributed by atoms with van der Waals surface area (Å²) in [4.78, 5) is 21.7. The number of benzene rings is 1. The van der Waals surface area contributed by atoms with E-state index >= 15 is 0 Å². The van der Waals surface area contributed by atoms with Gasteiger partial charge in [0, 0.05) is 10.5 Å². The zero-order valence-electron chi connectivity index (χ0n) is 11.2. The number of nitro benzene ring substituents is 1. The molecule has 0 amide bonds. The van der Waals surface area contributed by atoms with Crippen LogP contribution in [0, 0.1) is 17.0 Å². The van der Waals surface area contributed by atoms with Gasteiger partial charge in [0.1, 0.15) is 6.61 Å². The van der Waals surface area contributed by atoms with Crippen LogP contribution in [-0.2, 0) is 9.53 Å². The lowest BCUT2D eigenvalue weighted by Crippen LogP contribution is -2.42. The molecule has 0 spiro atoms. The predicted octanol–water partition coefficient (Wildman–Crippen LogP) is 1.97. The Balaban J connectivity index is 3.04. The minimum atomic E-state index is -1.89. The SMILES string of the molecule is COC(=O)C(C)(O)COc1c(C)cc(Br)cc1[N+](=O)[O-]. The van der Waals surface area contributed by atoms with Crippen molar-refractivity contribution in [2.45, 2.75) is 19.4 Å². The normalized spacial score (nSPS) is 13.4. The molecule has 0 bridgehead atoms. The fourth-order valence-electron chi connectivity index (χ4n) is 1.53. The van der Waals surface area contributed by atoms with E-state index in [4.69, 9.17) is 4.74 Å². The summed E-state index contributed by atoms with van der Waals surface area (Å²) in [6, 6.07) is 2.92. The van der Waals surface area contributed by atoms with Crippen LogP contribution in [0.5, 0.6) is 5.75 Å². The highest BCUT2D eigenvalue weighted by atomic mass is 79.9. The van der Waals surface area contributed by atoms with Crippen molar-refractivity contribution in [1.29, 1.82) is 0 Å². The van der Waals surface area contributed by atoms with Gasteiger partial charge >= 0.3 is 11.7 Å². The molecule has 1 aromatic rings. The monoisotopic (exact) mass is 347 g/mol. The Kier molecular flexibility index (Phi) is 5.07. The van der Waals surface area contributed by atoms with Crippen LogP contribution in [0.15, 0.2) is 16.6 Å². The van der Waals surface area contributed by atoms with Crippen molar-refractivity contribution in [3.63, 3.8) is 0 Å². The highest BCUT2D eigenvalue weighted by Crippen LogP contribution is 2.34. The first-order valence-corrected chi connectivity index (χ1v) is 6.36. The maximum atomic E-state index is 11.3. The minimum Gasteiger partial charge on any atom is -0.483 e. The van der Waals surface area contributed by atoms with E-state index < -0.39 is 23.1 Å². The van der Waals surface area contributed by atoms with E-state index in [1.807, 2.05) is 0 Å². The molecular weight excluding hydrogens is 334 g/mol. The molecule has 1 unspecified atom stereocenters. The van der Waals surface area contributed by atoms with Gasteiger partial charge in [-0.3, -0.25) is 10.1 Å². The van der Waals surface area contributed by atoms with Crippen molar-refractivity contribution >= 4 is 27.6 Å². The lowest BCUT2D eigenvalue weighted by Gasteiger charge is -2.21. The van der Waals surface area contributed by atoms with Gasteiger partial charge < -0.3 is 14.6 Å². The fourth-order valence-corrected chi connectivity index (χ4v) is 2.09. The van der Waals surface area contributed by atoms with Gasteiger partial charge in [-0.25, -0.2) is 4.79 Å². The predicted molar refractivity (Wildman–Crippen MR) is 73.7 cm³/mol. The molecule has 1 atom stereocenters. The summed E-state index contributed by atoms with van der Waals surface area (Å²) in [5.41, 5.74) is -1.63. The standard InChI is InChI=1S/C12H14BrNO6/c1-7-4-8(13)5-9(14(17)18)10(7)20-6-12(2,16)11(15)19-3/h4-5,16H,6H2,1-3H3. The number of aryl methyl sites for hydroxylation is 1. The quantitative estimate of drug-likeness (QED) is 0.496. The Morgan fingerprint density at radius 1 is 1.55 bits per heavy atom. The molecule has 20 heavy (non-hydrogen) atoms. The largest absolute Gasteiger partial charge is 0.483 e. The molecule has 0 fully saturated rings. The molecule has 1 rings (SSSR count). The number of aliphatic hydroxyl groups is 1. The molecule has 110 valence electrons. The van der Waals surface area contributed by atoms with Crippen molar-refractivity contribution < 1.29 is 24.3 Å². The number of methoxy groups -OCH3 is 1. The highest BCUT2D eigenvalue weighted by Gasteiger charge is 2.33.